The van der Waals surface area contributed by atoms with Crippen LogP contribution in [-0.2, 0) is 11.3 Å². The lowest BCUT2D eigenvalue weighted by atomic mass is 10.1. The third kappa shape index (κ3) is 4.53. The summed E-state index contributed by atoms with van der Waals surface area (Å²) in [6.45, 7) is 2.40. The van der Waals surface area contributed by atoms with Gasteiger partial charge >= 0.3 is 6.09 Å². The molecular weight excluding hydrogens is 436 g/mol. The van der Waals surface area contributed by atoms with Gasteiger partial charge in [-0.15, -0.1) is 5.10 Å². The first kappa shape index (κ1) is 21.1. The van der Waals surface area contributed by atoms with Gasteiger partial charge in [0.2, 0.25) is 5.95 Å². The third-order valence-corrected chi connectivity index (χ3v) is 4.90. The number of carbonyl (C=O) groups is 1. The molecule has 0 spiro atoms. The molecule has 0 radical (unpaired) electrons. The normalized spacial score (nSPS) is 10.9. The van der Waals surface area contributed by atoms with Gasteiger partial charge in [-0.05, 0) is 36.8 Å². The smallest absolute Gasteiger partial charge is 0.407 e. The molecule has 0 unspecified atom stereocenters. The summed E-state index contributed by atoms with van der Waals surface area (Å²) in [5, 5.41) is 14.3. The van der Waals surface area contributed by atoms with Crippen LogP contribution in [0.2, 0.25) is 0 Å². The molecule has 5 aromatic rings. The SMILES string of the molecule is CCOC(=O)NCc1cccc(-n2nnc3cnc(Nc4cccc(-c5cnco5)c4)nc32)c1. The zero-order chi connectivity index (χ0) is 23.3. The maximum atomic E-state index is 11.6. The molecule has 11 nitrogen and oxygen atoms in total. The molecule has 34 heavy (non-hydrogen) atoms. The molecule has 0 saturated heterocycles. The molecule has 0 fully saturated rings. The predicted octanol–water partition coefficient (Wildman–Crippen LogP) is 3.86. The number of carbonyl (C=O) groups excluding carboxylic acids is 1. The predicted molar refractivity (Wildman–Crippen MR) is 124 cm³/mol. The van der Waals surface area contributed by atoms with Gasteiger partial charge in [0.15, 0.2) is 23.3 Å². The maximum Gasteiger partial charge on any atom is 0.407 e. The lowest BCUT2D eigenvalue weighted by Gasteiger charge is -2.08. The number of nitrogens with zero attached hydrogens (tertiary/aromatic N) is 6. The zero-order valence-corrected chi connectivity index (χ0v) is 18.2. The average molecular weight is 456 g/mol. The van der Waals surface area contributed by atoms with E-state index in [1.165, 1.54) is 6.39 Å². The maximum absolute atomic E-state index is 11.6. The summed E-state index contributed by atoms with van der Waals surface area (Å²) in [6, 6.07) is 15.2. The van der Waals surface area contributed by atoms with Crippen LogP contribution in [0.3, 0.4) is 0 Å². The van der Waals surface area contributed by atoms with Gasteiger partial charge in [-0.2, -0.15) is 9.67 Å². The van der Waals surface area contributed by atoms with E-state index in [-0.39, 0.29) is 0 Å². The largest absolute Gasteiger partial charge is 0.450 e. The van der Waals surface area contributed by atoms with Gasteiger partial charge in [-0.3, -0.25) is 0 Å². The van der Waals surface area contributed by atoms with Crippen LogP contribution < -0.4 is 10.6 Å². The molecule has 3 aromatic heterocycles. The van der Waals surface area contributed by atoms with Crippen molar-refractivity contribution in [3.05, 3.63) is 72.9 Å². The van der Waals surface area contributed by atoms with Gasteiger partial charge in [0.25, 0.3) is 0 Å². The number of oxazole rings is 1. The molecule has 2 N–H and O–H groups in total. The molecule has 0 aliphatic carbocycles. The second-order valence-electron chi connectivity index (χ2n) is 7.22. The number of aromatic nitrogens is 6. The van der Waals surface area contributed by atoms with Crippen LogP contribution in [0.5, 0.6) is 0 Å². The lowest BCUT2D eigenvalue weighted by Crippen LogP contribution is -2.23. The highest BCUT2D eigenvalue weighted by atomic mass is 16.5. The minimum absolute atomic E-state index is 0.317. The molecule has 0 aliphatic rings. The number of rotatable bonds is 7. The van der Waals surface area contributed by atoms with Crippen molar-refractivity contribution in [3.63, 3.8) is 0 Å². The molecule has 5 rings (SSSR count). The lowest BCUT2D eigenvalue weighted by molar-refractivity contribution is 0.151. The van der Waals surface area contributed by atoms with Crippen molar-refractivity contribution in [3.8, 4) is 17.0 Å². The van der Waals surface area contributed by atoms with E-state index in [0.29, 0.717) is 36.0 Å². The van der Waals surface area contributed by atoms with E-state index in [9.17, 15) is 4.79 Å². The van der Waals surface area contributed by atoms with Crippen molar-refractivity contribution >= 4 is 28.9 Å². The van der Waals surface area contributed by atoms with E-state index in [0.717, 1.165) is 22.5 Å². The van der Waals surface area contributed by atoms with E-state index in [1.54, 1.807) is 24.0 Å². The Labute approximate surface area is 193 Å². The van der Waals surface area contributed by atoms with E-state index < -0.39 is 6.09 Å². The fourth-order valence-electron chi connectivity index (χ4n) is 3.35. The Balaban J connectivity index is 1.39. The number of anilines is 2. The molecular formula is C23H20N8O3. The van der Waals surface area contributed by atoms with E-state index >= 15 is 0 Å². The number of fused-ring (bicyclic) bond motifs is 1. The highest BCUT2D eigenvalue weighted by molar-refractivity contribution is 5.73. The molecule has 2 aromatic carbocycles. The molecule has 0 atom stereocenters. The molecule has 1 amide bonds. The third-order valence-electron chi connectivity index (χ3n) is 4.90. The van der Waals surface area contributed by atoms with Crippen molar-refractivity contribution in [2.24, 2.45) is 0 Å². The quantitative estimate of drug-likeness (QED) is 0.374. The van der Waals surface area contributed by atoms with Crippen molar-refractivity contribution < 1.29 is 13.9 Å². The van der Waals surface area contributed by atoms with Crippen LogP contribution in [0.1, 0.15) is 12.5 Å². The van der Waals surface area contributed by atoms with Gasteiger partial charge in [-0.1, -0.05) is 29.5 Å². The van der Waals surface area contributed by atoms with Crippen molar-refractivity contribution in [1.29, 1.82) is 0 Å². The number of hydrogen-bond acceptors (Lipinski definition) is 9. The van der Waals surface area contributed by atoms with Gasteiger partial charge in [0, 0.05) is 17.8 Å². The van der Waals surface area contributed by atoms with Crippen molar-refractivity contribution in [2.45, 2.75) is 13.5 Å². The summed E-state index contributed by atoms with van der Waals surface area (Å²) >= 11 is 0. The summed E-state index contributed by atoms with van der Waals surface area (Å²) in [5.41, 5.74) is 4.40. The van der Waals surface area contributed by atoms with Crippen LogP contribution in [0.4, 0.5) is 16.4 Å². The number of nitrogens with one attached hydrogen (secondary N) is 2. The average Bonchev–Trinajstić information content (AvgIpc) is 3.54. The Morgan fingerprint density at radius 3 is 2.91 bits per heavy atom. The van der Waals surface area contributed by atoms with Crippen LogP contribution in [-0.4, -0.2) is 42.6 Å². The van der Waals surface area contributed by atoms with Gasteiger partial charge in [-0.25, -0.2) is 14.8 Å². The minimum atomic E-state index is -0.463. The molecule has 0 aliphatic heterocycles. The summed E-state index contributed by atoms with van der Waals surface area (Å²) in [7, 11) is 0. The highest BCUT2D eigenvalue weighted by Crippen LogP contribution is 2.24. The number of ether oxygens (including phenoxy) is 1. The topological polar surface area (TPSA) is 133 Å². The van der Waals surface area contributed by atoms with Gasteiger partial charge < -0.3 is 19.8 Å². The monoisotopic (exact) mass is 456 g/mol. The van der Waals surface area contributed by atoms with Crippen molar-refractivity contribution in [1.82, 2.24) is 35.3 Å². The first-order valence-corrected chi connectivity index (χ1v) is 10.5. The number of benzene rings is 2. The Kier molecular flexibility index (Phi) is 5.80. The fraction of sp³-hybridized carbons (Fsp3) is 0.130. The van der Waals surface area contributed by atoms with E-state index in [1.807, 2.05) is 48.5 Å². The summed E-state index contributed by atoms with van der Waals surface area (Å²) in [5.74, 6) is 1.06. The van der Waals surface area contributed by atoms with Gasteiger partial charge in [0.05, 0.1) is 24.7 Å². The molecule has 11 heteroatoms. The molecule has 3 heterocycles. The fourth-order valence-corrected chi connectivity index (χ4v) is 3.35. The summed E-state index contributed by atoms with van der Waals surface area (Å²) in [6.07, 6.45) is 4.20. The molecule has 0 bridgehead atoms. The Morgan fingerprint density at radius 1 is 1.15 bits per heavy atom. The second kappa shape index (κ2) is 9.36. The minimum Gasteiger partial charge on any atom is -0.450 e. The Hall–Kier alpha value is -4.80. The van der Waals surface area contributed by atoms with Crippen molar-refractivity contribution in [2.75, 3.05) is 11.9 Å². The first-order chi connectivity index (χ1) is 16.7. The zero-order valence-electron chi connectivity index (χ0n) is 18.2. The molecule has 0 saturated carbocycles. The van der Waals surface area contributed by atoms with Crippen LogP contribution in [0, 0.1) is 0 Å². The number of alkyl carbamates (subject to hydrolysis) is 1. The van der Waals surface area contributed by atoms with E-state index in [4.69, 9.17) is 9.15 Å². The summed E-state index contributed by atoms with van der Waals surface area (Å²) in [4.78, 5) is 24.5. The van der Waals surface area contributed by atoms with Crippen LogP contribution >= 0.6 is 0 Å². The number of hydrogen-bond donors (Lipinski definition) is 2. The van der Waals surface area contributed by atoms with E-state index in [2.05, 4.69) is 35.9 Å². The first-order valence-electron chi connectivity index (χ1n) is 10.5. The number of amides is 1. The standard InChI is InChI=1S/C23H20N8O3/c1-2-33-23(32)26-11-15-5-3-8-18(9-15)31-21-19(29-30-31)12-25-22(28-21)27-17-7-4-6-16(10-17)20-13-24-14-34-20/h3-10,12-14H,2,11H2,1H3,(H,26,32)(H,25,27,28). The Bertz CT molecular complexity index is 1430. The van der Waals surface area contributed by atoms with Crippen LogP contribution in [0.25, 0.3) is 28.2 Å². The highest BCUT2D eigenvalue weighted by Gasteiger charge is 2.12. The Morgan fingerprint density at radius 2 is 2.06 bits per heavy atom. The molecule has 170 valence electrons. The van der Waals surface area contributed by atoms with Crippen LogP contribution in [0.15, 0.2) is 71.7 Å². The summed E-state index contributed by atoms with van der Waals surface area (Å²) < 4.78 is 11.9. The second-order valence-corrected chi connectivity index (χ2v) is 7.22. The van der Waals surface area contributed by atoms with Gasteiger partial charge in [0.1, 0.15) is 0 Å².